The summed E-state index contributed by atoms with van der Waals surface area (Å²) in [6, 6.07) is 16.4. The SMILES string of the molecule is CN(Cc1ccccc1)C(=O)c1ccc([C@H]2CC3(C)[C@@H](CC[C@@]3(O)C(F)(F)C(F)(F)F)C3CCC4=CC(=O)CCC4=C32)cc1. The largest absolute Gasteiger partial charge is 0.456 e. The maximum absolute atomic E-state index is 15.2. The van der Waals surface area contributed by atoms with Gasteiger partial charge in [-0.3, -0.25) is 9.59 Å². The summed E-state index contributed by atoms with van der Waals surface area (Å²) in [5, 5.41) is 11.4. The molecule has 6 rings (SSSR count). The molecule has 2 fully saturated rings. The van der Waals surface area contributed by atoms with Gasteiger partial charge in [-0.05, 0) is 90.8 Å². The van der Waals surface area contributed by atoms with Gasteiger partial charge in [0.05, 0.1) is 0 Å². The van der Waals surface area contributed by atoms with E-state index in [-0.39, 0.29) is 30.4 Å². The third-order valence-electron chi connectivity index (χ3n) is 10.9. The molecule has 0 aromatic heterocycles. The Balaban J connectivity index is 1.40. The van der Waals surface area contributed by atoms with Crippen LogP contribution in [0.15, 0.2) is 77.4 Å². The summed E-state index contributed by atoms with van der Waals surface area (Å²) in [6.45, 7) is 1.81. The maximum atomic E-state index is 15.2. The minimum Gasteiger partial charge on any atom is -0.383 e. The van der Waals surface area contributed by atoms with Gasteiger partial charge in [-0.2, -0.15) is 22.0 Å². The van der Waals surface area contributed by atoms with E-state index in [1.807, 2.05) is 30.3 Å². The van der Waals surface area contributed by atoms with Crippen LogP contribution in [0.25, 0.3) is 0 Å². The van der Waals surface area contributed by atoms with Crippen LogP contribution in [0.4, 0.5) is 22.0 Å². The Morgan fingerprint density at radius 3 is 2.32 bits per heavy atom. The van der Waals surface area contributed by atoms with Gasteiger partial charge in [-0.25, -0.2) is 0 Å². The highest BCUT2D eigenvalue weighted by Crippen LogP contribution is 2.70. The van der Waals surface area contributed by atoms with Crippen molar-refractivity contribution in [1.29, 1.82) is 0 Å². The quantitative estimate of drug-likeness (QED) is 0.351. The predicted octanol–water partition coefficient (Wildman–Crippen LogP) is 7.79. The normalized spacial score (nSPS) is 30.3. The Hall–Kier alpha value is -3.33. The van der Waals surface area contributed by atoms with E-state index >= 15 is 8.78 Å². The summed E-state index contributed by atoms with van der Waals surface area (Å²) >= 11 is 0. The summed E-state index contributed by atoms with van der Waals surface area (Å²) in [5.74, 6) is -6.87. The molecule has 5 atom stereocenters. The lowest BCUT2D eigenvalue weighted by molar-refractivity contribution is -0.362. The van der Waals surface area contributed by atoms with Crippen molar-refractivity contribution in [3.63, 3.8) is 0 Å². The summed E-state index contributed by atoms with van der Waals surface area (Å²) < 4.78 is 71.8. The van der Waals surface area contributed by atoms with E-state index in [0.717, 1.165) is 22.3 Å². The number of carbonyl (C=O) groups excluding carboxylic acids is 2. The van der Waals surface area contributed by atoms with Crippen LogP contribution in [0.2, 0.25) is 0 Å². The van der Waals surface area contributed by atoms with Gasteiger partial charge < -0.3 is 10.0 Å². The molecule has 4 nitrogen and oxygen atoms in total. The lowest BCUT2D eigenvalue weighted by Crippen LogP contribution is -2.65. The number of alkyl halides is 5. The van der Waals surface area contributed by atoms with Gasteiger partial charge in [-0.1, -0.05) is 55.0 Å². The maximum Gasteiger partial charge on any atom is 0.456 e. The van der Waals surface area contributed by atoms with Crippen LogP contribution in [0, 0.1) is 17.3 Å². The van der Waals surface area contributed by atoms with Crippen LogP contribution in [0.1, 0.15) is 79.3 Å². The van der Waals surface area contributed by atoms with Crippen molar-refractivity contribution in [1.82, 2.24) is 4.90 Å². The Labute approximate surface area is 253 Å². The molecule has 2 unspecified atom stereocenters. The van der Waals surface area contributed by atoms with Gasteiger partial charge in [0, 0.05) is 36.9 Å². The van der Waals surface area contributed by atoms with E-state index in [1.54, 1.807) is 42.3 Å². The number of ketones is 1. The van der Waals surface area contributed by atoms with Crippen molar-refractivity contribution < 1.29 is 36.6 Å². The molecule has 2 aromatic carbocycles. The fourth-order valence-electron chi connectivity index (χ4n) is 8.72. The Morgan fingerprint density at radius 2 is 1.66 bits per heavy atom. The van der Waals surface area contributed by atoms with Crippen molar-refractivity contribution in [3.05, 3.63) is 94.1 Å². The zero-order chi connectivity index (χ0) is 31.7. The van der Waals surface area contributed by atoms with Gasteiger partial charge in [0.25, 0.3) is 5.91 Å². The number of fused-ring (bicyclic) bond motifs is 4. The molecule has 0 saturated heterocycles. The van der Waals surface area contributed by atoms with E-state index < -0.39 is 41.4 Å². The average Bonchev–Trinajstić information content (AvgIpc) is 3.27. The molecule has 4 aliphatic rings. The summed E-state index contributed by atoms with van der Waals surface area (Å²) in [6.07, 6.45) is -3.04. The summed E-state index contributed by atoms with van der Waals surface area (Å²) in [7, 11) is 1.70. The second-order valence-corrected chi connectivity index (χ2v) is 13.2. The zero-order valence-electron chi connectivity index (χ0n) is 24.8. The molecule has 1 amide bonds. The van der Waals surface area contributed by atoms with Crippen molar-refractivity contribution >= 4 is 11.7 Å². The first-order valence-corrected chi connectivity index (χ1v) is 15.2. The van der Waals surface area contributed by atoms with E-state index in [1.165, 1.54) is 6.92 Å². The van der Waals surface area contributed by atoms with Crippen LogP contribution >= 0.6 is 0 Å². The fourth-order valence-corrected chi connectivity index (χ4v) is 8.72. The molecule has 234 valence electrons. The first kappa shape index (κ1) is 30.7. The van der Waals surface area contributed by atoms with Gasteiger partial charge >= 0.3 is 12.1 Å². The first-order chi connectivity index (χ1) is 20.7. The minimum atomic E-state index is -5.89. The van der Waals surface area contributed by atoms with Crippen molar-refractivity contribution in [3.8, 4) is 0 Å². The topological polar surface area (TPSA) is 57.6 Å². The van der Waals surface area contributed by atoms with Crippen LogP contribution in [-0.4, -0.2) is 46.4 Å². The molecule has 1 N–H and O–H groups in total. The molecule has 2 saturated carbocycles. The zero-order valence-corrected chi connectivity index (χ0v) is 24.8. The molecule has 44 heavy (non-hydrogen) atoms. The monoisotopic (exact) mass is 613 g/mol. The standard InChI is InChI=1S/C35H36F5NO3/c1-32-19-28(22-8-10-23(11-9-22)31(43)41(2)20-21-6-4-3-5-7-21)30-26-15-13-25(42)18-24(26)12-14-27(30)29(32)16-17-33(32,44)34(36,37)35(38,39)40/h3-11,18,27-29,44H,12-17,19-20H2,1-2H3/t27?,28-,29+,32?,33+/m1/s1. The van der Waals surface area contributed by atoms with Crippen molar-refractivity contribution in [2.45, 2.75) is 82.0 Å². The molecule has 4 aliphatic carbocycles. The van der Waals surface area contributed by atoms with Crippen LogP contribution in [-0.2, 0) is 11.3 Å². The third kappa shape index (κ3) is 4.65. The lowest BCUT2D eigenvalue weighted by atomic mass is 9.50. The highest BCUT2D eigenvalue weighted by Gasteiger charge is 2.79. The number of hydrogen-bond donors (Lipinski definition) is 1. The number of benzene rings is 2. The van der Waals surface area contributed by atoms with Gasteiger partial charge in [-0.15, -0.1) is 0 Å². The summed E-state index contributed by atoms with van der Waals surface area (Å²) in [4.78, 5) is 27.1. The molecular formula is C35H36F5NO3. The van der Waals surface area contributed by atoms with Gasteiger partial charge in [0.15, 0.2) is 5.78 Å². The van der Waals surface area contributed by atoms with Crippen molar-refractivity contribution in [2.24, 2.45) is 17.3 Å². The molecular weight excluding hydrogens is 577 g/mol. The first-order valence-electron chi connectivity index (χ1n) is 15.2. The molecule has 0 bridgehead atoms. The highest BCUT2D eigenvalue weighted by atomic mass is 19.4. The molecule has 2 aromatic rings. The number of halogens is 5. The molecule has 9 heteroatoms. The molecule has 0 radical (unpaired) electrons. The highest BCUT2D eigenvalue weighted by molar-refractivity contribution is 5.94. The molecule has 0 aliphatic heterocycles. The lowest BCUT2D eigenvalue weighted by Gasteiger charge is -2.56. The van der Waals surface area contributed by atoms with Gasteiger partial charge in [0.2, 0.25) is 0 Å². The van der Waals surface area contributed by atoms with Crippen LogP contribution in [0.3, 0.4) is 0 Å². The molecule has 0 spiro atoms. The number of rotatable bonds is 5. The number of nitrogens with zero attached hydrogens (tertiary/aromatic N) is 1. The third-order valence-corrected chi connectivity index (χ3v) is 10.9. The smallest absolute Gasteiger partial charge is 0.383 e. The number of aliphatic hydroxyl groups is 1. The second-order valence-electron chi connectivity index (χ2n) is 13.2. The fraction of sp³-hybridized carbons (Fsp3) is 0.486. The number of carbonyl (C=O) groups is 2. The van der Waals surface area contributed by atoms with Crippen molar-refractivity contribution in [2.75, 3.05) is 7.05 Å². The van der Waals surface area contributed by atoms with E-state index in [2.05, 4.69) is 0 Å². The van der Waals surface area contributed by atoms with E-state index in [0.29, 0.717) is 43.4 Å². The van der Waals surface area contributed by atoms with E-state index in [4.69, 9.17) is 0 Å². The Morgan fingerprint density at radius 1 is 0.977 bits per heavy atom. The summed E-state index contributed by atoms with van der Waals surface area (Å²) in [5.41, 5.74) is 0.0385. The predicted molar refractivity (Wildman–Crippen MR) is 155 cm³/mol. The number of amides is 1. The van der Waals surface area contributed by atoms with E-state index in [9.17, 15) is 27.9 Å². The Kier molecular flexibility index (Phi) is 7.42. The number of allylic oxidation sites excluding steroid dienone is 4. The Bertz CT molecular complexity index is 1530. The van der Waals surface area contributed by atoms with Gasteiger partial charge in [0.1, 0.15) is 5.60 Å². The average molecular weight is 614 g/mol. The minimum absolute atomic E-state index is 0.0301. The number of hydrogen-bond acceptors (Lipinski definition) is 3. The second kappa shape index (κ2) is 10.6. The van der Waals surface area contributed by atoms with Crippen LogP contribution in [0.5, 0.6) is 0 Å². The molecule has 0 heterocycles. The van der Waals surface area contributed by atoms with Crippen LogP contribution < -0.4 is 0 Å².